The largest absolute Gasteiger partial charge is 0.444 e. The molecule has 0 saturated carbocycles. The molecule has 24 heavy (non-hydrogen) atoms. The minimum Gasteiger partial charge on any atom is -0.444 e. The quantitative estimate of drug-likeness (QED) is 0.765. The lowest BCUT2D eigenvalue weighted by atomic mass is 10.1. The summed E-state index contributed by atoms with van der Waals surface area (Å²) in [7, 11) is 0. The van der Waals surface area contributed by atoms with Gasteiger partial charge in [0, 0.05) is 26.2 Å². The Balaban J connectivity index is 1.86. The SMILES string of the molecule is CC(C)(C)OC(=O)N1CCN(C(=O)Cc2ccc(F)c(Br)c2)CC1. The van der Waals surface area contributed by atoms with Crippen molar-refractivity contribution in [3.63, 3.8) is 0 Å². The fraction of sp³-hybridized carbons (Fsp3) is 0.529. The average Bonchev–Trinajstić information content (AvgIpc) is 2.49. The summed E-state index contributed by atoms with van der Waals surface area (Å²) in [5, 5.41) is 0. The van der Waals surface area contributed by atoms with E-state index in [1.165, 1.54) is 6.07 Å². The van der Waals surface area contributed by atoms with Crippen LogP contribution >= 0.6 is 15.9 Å². The maximum atomic E-state index is 13.2. The molecule has 5 nitrogen and oxygen atoms in total. The van der Waals surface area contributed by atoms with Crippen molar-refractivity contribution in [3.8, 4) is 0 Å². The van der Waals surface area contributed by atoms with E-state index in [0.29, 0.717) is 30.7 Å². The molecule has 1 fully saturated rings. The van der Waals surface area contributed by atoms with E-state index >= 15 is 0 Å². The smallest absolute Gasteiger partial charge is 0.410 e. The molecule has 0 bridgehead atoms. The molecule has 0 radical (unpaired) electrons. The Morgan fingerprint density at radius 3 is 2.29 bits per heavy atom. The van der Waals surface area contributed by atoms with E-state index in [4.69, 9.17) is 4.74 Å². The van der Waals surface area contributed by atoms with Crippen LogP contribution < -0.4 is 0 Å². The number of rotatable bonds is 2. The molecule has 0 aromatic heterocycles. The van der Waals surface area contributed by atoms with Gasteiger partial charge >= 0.3 is 6.09 Å². The van der Waals surface area contributed by atoms with Crippen LogP contribution in [0, 0.1) is 5.82 Å². The van der Waals surface area contributed by atoms with Crippen LogP contribution in [0.3, 0.4) is 0 Å². The molecule has 0 atom stereocenters. The molecule has 2 rings (SSSR count). The Bertz CT molecular complexity index is 623. The van der Waals surface area contributed by atoms with Gasteiger partial charge in [-0.2, -0.15) is 0 Å². The number of carbonyl (C=O) groups excluding carboxylic acids is 2. The predicted molar refractivity (Wildman–Crippen MR) is 92.2 cm³/mol. The van der Waals surface area contributed by atoms with Crippen LogP contribution in [0.15, 0.2) is 22.7 Å². The van der Waals surface area contributed by atoms with Gasteiger partial charge in [0.1, 0.15) is 11.4 Å². The van der Waals surface area contributed by atoms with Crippen molar-refractivity contribution in [3.05, 3.63) is 34.1 Å². The van der Waals surface area contributed by atoms with Crippen LogP contribution in [0.4, 0.5) is 9.18 Å². The van der Waals surface area contributed by atoms with Gasteiger partial charge in [-0.1, -0.05) is 6.07 Å². The molecule has 1 aliphatic rings. The molecule has 0 aliphatic carbocycles. The highest BCUT2D eigenvalue weighted by Gasteiger charge is 2.27. The number of carbonyl (C=O) groups is 2. The number of halogens is 2. The minimum absolute atomic E-state index is 0.0302. The van der Waals surface area contributed by atoms with Crippen molar-refractivity contribution in [2.45, 2.75) is 32.8 Å². The predicted octanol–water partition coefficient (Wildman–Crippen LogP) is 3.21. The summed E-state index contributed by atoms with van der Waals surface area (Å²) in [6.07, 6.45) is -0.136. The molecule has 1 saturated heterocycles. The number of ether oxygens (including phenoxy) is 1. The summed E-state index contributed by atoms with van der Waals surface area (Å²) in [6.45, 7) is 7.32. The highest BCUT2D eigenvalue weighted by atomic mass is 79.9. The maximum absolute atomic E-state index is 13.2. The molecule has 1 aromatic carbocycles. The lowest BCUT2D eigenvalue weighted by molar-refractivity contribution is -0.132. The lowest BCUT2D eigenvalue weighted by Gasteiger charge is -2.35. The normalized spacial score (nSPS) is 15.4. The first-order valence-corrected chi connectivity index (χ1v) is 8.64. The second-order valence-corrected chi connectivity index (χ2v) is 7.63. The van der Waals surface area contributed by atoms with Crippen molar-refractivity contribution < 1.29 is 18.7 Å². The number of hydrogen-bond donors (Lipinski definition) is 0. The summed E-state index contributed by atoms with van der Waals surface area (Å²) in [5.41, 5.74) is 0.225. The van der Waals surface area contributed by atoms with Gasteiger partial charge < -0.3 is 14.5 Å². The molecular formula is C17H22BrFN2O3. The molecule has 0 unspecified atom stereocenters. The molecular weight excluding hydrogens is 379 g/mol. The van der Waals surface area contributed by atoms with Gasteiger partial charge in [-0.3, -0.25) is 4.79 Å². The number of amides is 2. The number of benzene rings is 1. The van der Waals surface area contributed by atoms with E-state index in [2.05, 4.69) is 15.9 Å². The summed E-state index contributed by atoms with van der Waals surface area (Å²) < 4.78 is 18.9. The van der Waals surface area contributed by atoms with Gasteiger partial charge in [-0.25, -0.2) is 9.18 Å². The molecule has 1 aromatic rings. The van der Waals surface area contributed by atoms with Crippen LogP contribution in [0.25, 0.3) is 0 Å². The maximum Gasteiger partial charge on any atom is 0.410 e. The van der Waals surface area contributed by atoms with E-state index in [9.17, 15) is 14.0 Å². The zero-order valence-electron chi connectivity index (χ0n) is 14.1. The first-order chi connectivity index (χ1) is 11.2. The third-order valence-corrected chi connectivity index (χ3v) is 4.23. The zero-order chi connectivity index (χ0) is 17.9. The Labute approximate surface area is 149 Å². The Morgan fingerprint density at radius 1 is 1.17 bits per heavy atom. The molecule has 2 amide bonds. The van der Waals surface area contributed by atoms with Gasteiger partial charge in [-0.15, -0.1) is 0 Å². The number of hydrogen-bond acceptors (Lipinski definition) is 3. The third kappa shape index (κ3) is 5.19. The summed E-state index contributed by atoms with van der Waals surface area (Å²) in [4.78, 5) is 27.7. The van der Waals surface area contributed by atoms with Crippen LogP contribution in [0.1, 0.15) is 26.3 Å². The second-order valence-electron chi connectivity index (χ2n) is 6.77. The van der Waals surface area contributed by atoms with E-state index in [1.54, 1.807) is 21.9 Å². The van der Waals surface area contributed by atoms with Crippen LogP contribution in [-0.2, 0) is 16.0 Å². The van der Waals surface area contributed by atoms with Crippen LogP contribution in [0.2, 0.25) is 0 Å². The van der Waals surface area contributed by atoms with Crippen LogP contribution in [0.5, 0.6) is 0 Å². The van der Waals surface area contributed by atoms with Gasteiger partial charge in [-0.05, 0) is 54.4 Å². The summed E-state index contributed by atoms with van der Waals surface area (Å²) >= 11 is 3.12. The minimum atomic E-state index is -0.528. The first kappa shape index (κ1) is 18.7. The Morgan fingerprint density at radius 2 is 1.75 bits per heavy atom. The molecule has 0 spiro atoms. The highest BCUT2D eigenvalue weighted by molar-refractivity contribution is 9.10. The average molecular weight is 401 g/mol. The van der Waals surface area contributed by atoms with E-state index in [0.717, 1.165) is 5.56 Å². The van der Waals surface area contributed by atoms with Crippen molar-refractivity contribution in [1.82, 2.24) is 9.80 Å². The standard InChI is InChI=1S/C17H22BrFN2O3/c1-17(2,3)24-16(23)21-8-6-20(7-9-21)15(22)11-12-4-5-14(19)13(18)10-12/h4-5,10H,6-9,11H2,1-3H3. The topological polar surface area (TPSA) is 49.9 Å². The van der Waals surface area contributed by atoms with Gasteiger partial charge in [0.05, 0.1) is 10.9 Å². The van der Waals surface area contributed by atoms with Gasteiger partial charge in [0.2, 0.25) is 5.91 Å². The third-order valence-electron chi connectivity index (χ3n) is 3.62. The van der Waals surface area contributed by atoms with Crippen molar-refractivity contribution in [1.29, 1.82) is 0 Å². The molecule has 7 heteroatoms. The van der Waals surface area contributed by atoms with Crippen LogP contribution in [-0.4, -0.2) is 53.6 Å². The number of nitrogens with zero attached hydrogens (tertiary/aromatic N) is 2. The Kier molecular flexibility index (Phi) is 5.85. The lowest BCUT2D eigenvalue weighted by Crippen LogP contribution is -2.52. The zero-order valence-corrected chi connectivity index (χ0v) is 15.7. The fourth-order valence-electron chi connectivity index (χ4n) is 2.40. The number of piperazine rings is 1. The van der Waals surface area contributed by atoms with Gasteiger partial charge in [0.25, 0.3) is 0 Å². The van der Waals surface area contributed by atoms with E-state index in [1.807, 2.05) is 20.8 Å². The highest BCUT2D eigenvalue weighted by Crippen LogP contribution is 2.18. The molecule has 132 valence electrons. The Hall–Kier alpha value is -1.63. The molecule has 0 N–H and O–H groups in total. The molecule has 1 aliphatic heterocycles. The first-order valence-electron chi connectivity index (χ1n) is 7.85. The fourth-order valence-corrected chi connectivity index (χ4v) is 2.83. The summed E-state index contributed by atoms with van der Waals surface area (Å²) in [5.74, 6) is -0.380. The van der Waals surface area contributed by atoms with E-state index in [-0.39, 0.29) is 24.2 Å². The monoisotopic (exact) mass is 400 g/mol. The van der Waals surface area contributed by atoms with Crippen molar-refractivity contribution in [2.24, 2.45) is 0 Å². The summed E-state index contributed by atoms with van der Waals surface area (Å²) in [6, 6.07) is 4.56. The molecule has 1 heterocycles. The van der Waals surface area contributed by atoms with E-state index < -0.39 is 5.60 Å². The van der Waals surface area contributed by atoms with Gasteiger partial charge in [0.15, 0.2) is 0 Å². The second kappa shape index (κ2) is 7.51. The van der Waals surface area contributed by atoms with Crippen molar-refractivity contribution in [2.75, 3.05) is 26.2 Å². The van der Waals surface area contributed by atoms with Crippen molar-refractivity contribution >= 4 is 27.9 Å².